The second kappa shape index (κ2) is 8.18. The summed E-state index contributed by atoms with van der Waals surface area (Å²) >= 11 is 1.57. The Balaban J connectivity index is 1.19. The minimum absolute atomic E-state index is 0.0902. The van der Waals surface area contributed by atoms with Crippen molar-refractivity contribution < 1.29 is 14.0 Å². The van der Waals surface area contributed by atoms with Gasteiger partial charge in [-0.05, 0) is 24.3 Å². The van der Waals surface area contributed by atoms with Gasteiger partial charge >= 0.3 is 0 Å². The highest BCUT2D eigenvalue weighted by Crippen LogP contribution is 2.21. The third-order valence-corrected chi connectivity index (χ3v) is 5.51. The zero-order valence-electron chi connectivity index (χ0n) is 15.1. The number of aryl methyl sites for hydroxylation is 1. The molecular formula is C18H23N5O3S. The van der Waals surface area contributed by atoms with E-state index in [0.29, 0.717) is 50.3 Å². The summed E-state index contributed by atoms with van der Waals surface area (Å²) in [5, 5.41) is 15.0. The number of amides is 2. The SMILES string of the molecule is O=C(CN1CCN(C(=O)CCc2nnc(-c3ccsc3)o2)CC1)NC1CC1. The van der Waals surface area contributed by atoms with Gasteiger partial charge in [0.25, 0.3) is 0 Å². The standard InChI is InChI=1S/C18H23N5O3S/c24-15(19-14-1-2-14)11-22-6-8-23(9-7-22)17(25)4-3-16-20-21-18(26-16)13-5-10-27-12-13/h5,10,12,14H,1-4,6-9,11H2,(H,19,24). The summed E-state index contributed by atoms with van der Waals surface area (Å²) in [6.07, 6.45) is 3.00. The normalized spacial score (nSPS) is 17.9. The number of hydrogen-bond acceptors (Lipinski definition) is 7. The Labute approximate surface area is 161 Å². The lowest BCUT2D eigenvalue weighted by Gasteiger charge is -2.34. The molecule has 0 radical (unpaired) electrons. The van der Waals surface area contributed by atoms with Gasteiger partial charge in [-0.15, -0.1) is 10.2 Å². The zero-order valence-corrected chi connectivity index (χ0v) is 15.9. The predicted molar refractivity (Wildman–Crippen MR) is 100 cm³/mol. The van der Waals surface area contributed by atoms with Gasteiger partial charge in [0.15, 0.2) is 0 Å². The molecular weight excluding hydrogens is 366 g/mol. The largest absolute Gasteiger partial charge is 0.421 e. The molecule has 0 unspecified atom stereocenters. The molecule has 2 aromatic heterocycles. The molecule has 1 N–H and O–H groups in total. The molecule has 1 saturated heterocycles. The van der Waals surface area contributed by atoms with Gasteiger partial charge in [-0.3, -0.25) is 14.5 Å². The molecule has 27 heavy (non-hydrogen) atoms. The predicted octanol–water partition coefficient (Wildman–Crippen LogP) is 1.15. The molecule has 3 heterocycles. The molecule has 2 aliphatic rings. The lowest BCUT2D eigenvalue weighted by atomic mass is 10.2. The van der Waals surface area contributed by atoms with Crippen molar-refractivity contribution in [3.05, 3.63) is 22.7 Å². The van der Waals surface area contributed by atoms with Crippen molar-refractivity contribution >= 4 is 23.2 Å². The maximum absolute atomic E-state index is 12.4. The van der Waals surface area contributed by atoms with E-state index in [1.165, 1.54) is 0 Å². The van der Waals surface area contributed by atoms with Crippen LogP contribution in [-0.4, -0.2) is 70.6 Å². The number of rotatable bonds is 7. The summed E-state index contributed by atoms with van der Waals surface area (Å²) < 4.78 is 5.62. The minimum Gasteiger partial charge on any atom is -0.421 e. The van der Waals surface area contributed by atoms with Gasteiger partial charge in [-0.2, -0.15) is 11.3 Å². The molecule has 0 aromatic carbocycles. The number of carbonyl (C=O) groups is 2. The molecule has 1 saturated carbocycles. The first-order valence-corrected chi connectivity index (χ1v) is 10.3. The minimum atomic E-state index is 0.0902. The van der Waals surface area contributed by atoms with Crippen molar-refractivity contribution in [1.29, 1.82) is 0 Å². The van der Waals surface area contributed by atoms with Crippen LogP contribution in [0.5, 0.6) is 0 Å². The van der Waals surface area contributed by atoms with Crippen molar-refractivity contribution in [2.24, 2.45) is 0 Å². The third kappa shape index (κ3) is 4.92. The number of nitrogens with zero attached hydrogens (tertiary/aromatic N) is 4. The number of thiophene rings is 1. The fraction of sp³-hybridized carbons (Fsp3) is 0.556. The fourth-order valence-corrected chi connectivity index (χ4v) is 3.72. The molecule has 2 fully saturated rings. The molecule has 0 spiro atoms. The van der Waals surface area contributed by atoms with E-state index in [4.69, 9.17) is 4.42 Å². The van der Waals surface area contributed by atoms with Crippen LogP contribution >= 0.6 is 11.3 Å². The van der Waals surface area contributed by atoms with Crippen LogP contribution in [0.2, 0.25) is 0 Å². The second-order valence-corrected chi connectivity index (χ2v) is 7.79. The van der Waals surface area contributed by atoms with Crippen LogP contribution in [0.4, 0.5) is 0 Å². The number of piperazine rings is 1. The van der Waals surface area contributed by atoms with Crippen LogP contribution in [0.25, 0.3) is 11.5 Å². The molecule has 2 amide bonds. The maximum Gasteiger partial charge on any atom is 0.248 e. The summed E-state index contributed by atoms with van der Waals surface area (Å²) in [5.74, 6) is 1.17. The van der Waals surface area contributed by atoms with Crippen LogP contribution in [0.15, 0.2) is 21.2 Å². The van der Waals surface area contributed by atoms with E-state index in [1.54, 1.807) is 11.3 Å². The summed E-state index contributed by atoms with van der Waals surface area (Å²) in [4.78, 5) is 28.3. The third-order valence-electron chi connectivity index (χ3n) is 4.82. The van der Waals surface area contributed by atoms with E-state index in [0.717, 1.165) is 31.5 Å². The second-order valence-electron chi connectivity index (χ2n) is 7.01. The van der Waals surface area contributed by atoms with Crippen molar-refractivity contribution in [1.82, 2.24) is 25.3 Å². The molecule has 4 rings (SSSR count). The van der Waals surface area contributed by atoms with Crippen LogP contribution in [0, 0.1) is 0 Å². The van der Waals surface area contributed by atoms with Gasteiger partial charge in [0.05, 0.1) is 6.54 Å². The molecule has 0 atom stereocenters. The van der Waals surface area contributed by atoms with Gasteiger partial charge in [-0.25, -0.2) is 0 Å². The smallest absolute Gasteiger partial charge is 0.248 e. The topological polar surface area (TPSA) is 91.6 Å². The van der Waals surface area contributed by atoms with Gasteiger partial charge in [0.1, 0.15) is 0 Å². The number of aromatic nitrogens is 2. The Morgan fingerprint density at radius 3 is 2.74 bits per heavy atom. The summed E-state index contributed by atoms with van der Waals surface area (Å²) in [5.41, 5.74) is 0.909. The lowest BCUT2D eigenvalue weighted by molar-refractivity contribution is -0.133. The summed E-state index contributed by atoms with van der Waals surface area (Å²) in [6, 6.07) is 2.32. The Bertz CT molecular complexity index is 779. The first-order chi connectivity index (χ1) is 13.2. The Morgan fingerprint density at radius 2 is 2.04 bits per heavy atom. The van der Waals surface area contributed by atoms with Crippen LogP contribution in [-0.2, 0) is 16.0 Å². The molecule has 0 bridgehead atoms. The fourth-order valence-electron chi connectivity index (χ4n) is 3.09. The Kier molecular flexibility index (Phi) is 5.49. The van der Waals surface area contributed by atoms with Gasteiger partial charge in [0, 0.05) is 56.0 Å². The molecule has 1 aliphatic heterocycles. The Morgan fingerprint density at radius 1 is 1.22 bits per heavy atom. The number of hydrogen-bond donors (Lipinski definition) is 1. The summed E-state index contributed by atoms with van der Waals surface area (Å²) in [6.45, 7) is 3.18. The van der Waals surface area contributed by atoms with E-state index in [9.17, 15) is 9.59 Å². The Hall–Kier alpha value is -2.26. The van der Waals surface area contributed by atoms with Gasteiger partial charge in [0.2, 0.25) is 23.6 Å². The molecule has 2 aromatic rings. The average molecular weight is 389 g/mol. The van der Waals surface area contributed by atoms with Gasteiger partial charge < -0.3 is 14.6 Å². The van der Waals surface area contributed by atoms with Crippen molar-refractivity contribution in [2.45, 2.75) is 31.7 Å². The molecule has 9 heteroatoms. The number of nitrogens with one attached hydrogen (secondary N) is 1. The average Bonchev–Trinajstić information content (AvgIpc) is 3.14. The maximum atomic E-state index is 12.4. The lowest BCUT2D eigenvalue weighted by Crippen LogP contribution is -2.51. The highest BCUT2D eigenvalue weighted by molar-refractivity contribution is 7.08. The molecule has 1 aliphatic carbocycles. The van der Waals surface area contributed by atoms with E-state index >= 15 is 0 Å². The van der Waals surface area contributed by atoms with E-state index in [2.05, 4.69) is 20.4 Å². The highest BCUT2D eigenvalue weighted by Gasteiger charge is 2.26. The van der Waals surface area contributed by atoms with E-state index < -0.39 is 0 Å². The monoisotopic (exact) mass is 389 g/mol. The van der Waals surface area contributed by atoms with E-state index in [-0.39, 0.29) is 11.8 Å². The van der Waals surface area contributed by atoms with Gasteiger partial charge in [-0.1, -0.05) is 0 Å². The number of carbonyl (C=O) groups excluding carboxylic acids is 2. The van der Waals surface area contributed by atoms with Crippen LogP contribution < -0.4 is 5.32 Å². The first kappa shape index (κ1) is 18.1. The van der Waals surface area contributed by atoms with Crippen molar-refractivity contribution in [2.75, 3.05) is 32.7 Å². The first-order valence-electron chi connectivity index (χ1n) is 9.32. The molecule has 8 nitrogen and oxygen atoms in total. The molecule has 144 valence electrons. The quantitative estimate of drug-likeness (QED) is 0.764. The van der Waals surface area contributed by atoms with Crippen LogP contribution in [0.3, 0.4) is 0 Å². The zero-order chi connectivity index (χ0) is 18.6. The highest BCUT2D eigenvalue weighted by atomic mass is 32.1. The summed E-state index contributed by atoms with van der Waals surface area (Å²) in [7, 11) is 0. The van der Waals surface area contributed by atoms with Crippen LogP contribution in [0.1, 0.15) is 25.2 Å². The van der Waals surface area contributed by atoms with Crippen molar-refractivity contribution in [3.8, 4) is 11.5 Å². The van der Waals surface area contributed by atoms with E-state index in [1.807, 2.05) is 21.7 Å². The van der Waals surface area contributed by atoms with Crippen molar-refractivity contribution in [3.63, 3.8) is 0 Å².